The Labute approximate surface area is 170 Å². The van der Waals surface area contributed by atoms with E-state index in [0.29, 0.717) is 13.0 Å². The molecule has 1 aliphatic rings. The Balaban J connectivity index is 1.75. The lowest BCUT2D eigenvalue weighted by Gasteiger charge is -2.27. The molecule has 1 aromatic rings. The lowest BCUT2D eigenvalue weighted by atomic mass is 9.99. The molecule has 0 aromatic heterocycles. The molecule has 2 rings (SSSR count). The average Bonchev–Trinajstić information content (AvgIpc) is 2.96. The number of amides is 1. The van der Waals surface area contributed by atoms with Crippen molar-refractivity contribution in [2.75, 3.05) is 38.2 Å². The van der Waals surface area contributed by atoms with Gasteiger partial charge in [0.25, 0.3) is 5.91 Å². The van der Waals surface area contributed by atoms with Gasteiger partial charge in [0, 0.05) is 18.8 Å². The zero-order valence-corrected chi connectivity index (χ0v) is 18.0. The fourth-order valence-electron chi connectivity index (χ4n) is 3.78. The maximum atomic E-state index is 12.6. The molecule has 1 saturated heterocycles. The molecule has 0 aliphatic carbocycles. The van der Waals surface area contributed by atoms with E-state index in [1.165, 1.54) is 38.8 Å². The Kier molecular flexibility index (Phi) is 9.79. The highest BCUT2D eigenvalue weighted by Gasteiger charge is 2.32. The Bertz CT molecular complexity index is 560. The first-order valence-corrected chi connectivity index (χ1v) is 11.0. The molecule has 5 nitrogen and oxygen atoms in total. The van der Waals surface area contributed by atoms with E-state index in [1.807, 2.05) is 38.1 Å². The summed E-state index contributed by atoms with van der Waals surface area (Å²) in [6.45, 7) is 10.7. The Morgan fingerprint density at radius 2 is 1.79 bits per heavy atom. The summed E-state index contributed by atoms with van der Waals surface area (Å²) in [7, 11) is 0. The zero-order valence-electron chi connectivity index (χ0n) is 18.0. The highest BCUT2D eigenvalue weighted by Crippen LogP contribution is 2.22. The van der Waals surface area contributed by atoms with E-state index >= 15 is 0 Å². The normalized spacial score (nSPS) is 17.5. The molecule has 1 heterocycles. The predicted octanol–water partition coefficient (Wildman–Crippen LogP) is 4.87. The topological polar surface area (TPSA) is 50.8 Å². The minimum absolute atomic E-state index is 0.0951. The summed E-state index contributed by atoms with van der Waals surface area (Å²) in [6.07, 6.45) is 8.04. The number of anilines is 1. The third kappa shape index (κ3) is 7.44. The first-order valence-electron chi connectivity index (χ1n) is 11.0. The Hall–Kier alpha value is -1.59. The van der Waals surface area contributed by atoms with E-state index in [-0.39, 0.29) is 5.91 Å². The monoisotopic (exact) mass is 390 g/mol. The SMILES string of the molecule is CCCC(C)(OCC)C(=O)Nc1ccc(OCCCN2CCCCCC2)cc1. The number of rotatable bonds is 11. The standard InChI is InChI=1S/C23H38N2O3/c1-4-15-23(3,28-5-2)22(26)24-20-11-13-21(14-12-20)27-19-10-18-25-16-8-6-7-9-17-25/h11-14H,4-10,15-19H2,1-3H3,(H,24,26). The van der Waals surface area contributed by atoms with Gasteiger partial charge in [0.15, 0.2) is 0 Å². The number of nitrogens with one attached hydrogen (secondary N) is 1. The number of carbonyl (C=O) groups is 1. The van der Waals surface area contributed by atoms with Gasteiger partial charge in [0.1, 0.15) is 11.4 Å². The van der Waals surface area contributed by atoms with Gasteiger partial charge in [-0.3, -0.25) is 4.79 Å². The number of ether oxygens (including phenoxy) is 2. The molecule has 0 bridgehead atoms. The average molecular weight is 391 g/mol. The second kappa shape index (κ2) is 12.1. The van der Waals surface area contributed by atoms with Crippen molar-refractivity contribution < 1.29 is 14.3 Å². The minimum Gasteiger partial charge on any atom is -0.494 e. The van der Waals surface area contributed by atoms with Crippen molar-refractivity contribution in [2.24, 2.45) is 0 Å². The van der Waals surface area contributed by atoms with Crippen LogP contribution < -0.4 is 10.1 Å². The van der Waals surface area contributed by atoms with E-state index < -0.39 is 5.60 Å². The number of likely N-dealkylation sites (tertiary alicyclic amines) is 1. The molecule has 1 unspecified atom stereocenters. The first kappa shape index (κ1) is 22.7. The van der Waals surface area contributed by atoms with Crippen LogP contribution in [0.3, 0.4) is 0 Å². The van der Waals surface area contributed by atoms with Gasteiger partial charge in [-0.15, -0.1) is 0 Å². The molecular weight excluding hydrogens is 352 g/mol. The van der Waals surface area contributed by atoms with Crippen LogP contribution in [-0.4, -0.2) is 49.3 Å². The quantitative estimate of drug-likeness (QED) is 0.548. The van der Waals surface area contributed by atoms with Crippen molar-refractivity contribution in [3.05, 3.63) is 24.3 Å². The molecule has 1 fully saturated rings. The predicted molar refractivity (Wildman–Crippen MR) is 115 cm³/mol. The third-order valence-electron chi connectivity index (χ3n) is 5.37. The van der Waals surface area contributed by atoms with E-state index in [9.17, 15) is 4.79 Å². The third-order valence-corrected chi connectivity index (χ3v) is 5.37. The van der Waals surface area contributed by atoms with Gasteiger partial charge in [-0.2, -0.15) is 0 Å². The number of benzene rings is 1. The molecule has 1 N–H and O–H groups in total. The van der Waals surface area contributed by atoms with Gasteiger partial charge < -0.3 is 19.7 Å². The van der Waals surface area contributed by atoms with E-state index in [1.54, 1.807) is 0 Å². The van der Waals surface area contributed by atoms with Gasteiger partial charge in [-0.25, -0.2) is 0 Å². The summed E-state index contributed by atoms with van der Waals surface area (Å²) >= 11 is 0. The van der Waals surface area contributed by atoms with Gasteiger partial charge in [0.05, 0.1) is 6.61 Å². The van der Waals surface area contributed by atoms with E-state index in [0.717, 1.165) is 37.4 Å². The molecule has 1 aromatic carbocycles. The van der Waals surface area contributed by atoms with Crippen LogP contribution in [0.15, 0.2) is 24.3 Å². The minimum atomic E-state index is -0.786. The van der Waals surface area contributed by atoms with Gasteiger partial charge >= 0.3 is 0 Å². The maximum absolute atomic E-state index is 12.6. The van der Waals surface area contributed by atoms with E-state index in [4.69, 9.17) is 9.47 Å². The Morgan fingerprint density at radius 3 is 2.39 bits per heavy atom. The van der Waals surface area contributed by atoms with Crippen LogP contribution >= 0.6 is 0 Å². The maximum Gasteiger partial charge on any atom is 0.256 e. The lowest BCUT2D eigenvalue weighted by molar-refractivity contribution is -0.139. The summed E-state index contributed by atoms with van der Waals surface area (Å²) in [5.41, 5.74) is -0.0182. The van der Waals surface area contributed by atoms with Gasteiger partial charge in [0.2, 0.25) is 0 Å². The van der Waals surface area contributed by atoms with Crippen molar-refractivity contribution in [1.82, 2.24) is 4.90 Å². The highest BCUT2D eigenvalue weighted by atomic mass is 16.5. The van der Waals surface area contributed by atoms with Gasteiger partial charge in [-0.05, 0) is 76.9 Å². The van der Waals surface area contributed by atoms with Crippen LogP contribution in [0.5, 0.6) is 5.75 Å². The van der Waals surface area contributed by atoms with Crippen molar-refractivity contribution in [3.8, 4) is 5.75 Å². The molecular formula is C23H38N2O3. The molecule has 0 spiro atoms. The molecule has 1 atom stereocenters. The smallest absolute Gasteiger partial charge is 0.256 e. The van der Waals surface area contributed by atoms with Crippen LogP contribution in [0.2, 0.25) is 0 Å². The van der Waals surface area contributed by atoms with Crippen LogP contribution in [-0.2, 0) is 9.53 Å². The fraction of sp³-hybridized carbons (Fsp3) is 0.696. The number of hydrogen-bond acceptors (Lipinski definition) is 4. The van der Waals surface area contributed by atoms with Crippen LogP contribution in [0.4, 0.5) is 5.69 Å². The number of carbonyl (C=O) groups excluding carboxylic acids is 1. The summed E-state index contributed by atoms with van der Waals surface area (Å²) < 4.78 is 11.6. The molecule has 1 amide bonds. The van der Waals surface area contributed by atoms with Gasteiger partial charge in [-0.1, -0.05) is 26.2 Å². The summed E-state index contributed by atoms with van der Waals surface area (Å²) in [4.78, 5) is 15.2. The highest BCUT2D eigenvalue weighted by molar-refractivity contribution is 5.97. The summed E-state index contributed by atoms with van der Waals surface area (Å²) in [5, 5.41) is 2.97. The van der Waals surface area contributed by atoms with Crippen molar-refractivity contribution in [1.29, 1.82) is 0 Å². The fourth-order valence-corrected chi connectivity index (χ4v) is 3.78. The largest absolute Gasteiger partial charge is 0.494 e. The lowest BCUT2D eigenvalue weighted by Crippen LogP contribution is -2.42. The van der Waals surface area contributed by atoms with Crippen molar-refractivity contribution >= 4 is 11.6 Å². The summed E-state index contributed by atoms with van der Waals surface area (Å²) in [5.74, 6) is 0.748. The van der Waals surface area contributed by atoms with Crippen molar-refractivity contribution in [2.45, 2.75) is 71.3 Å². The molecule has 5 heteroatoms. The van der Waals surface area contributed by atoms with E-state index in [2.05, 4.69) is 17.1 Å². The van der Waals surface area contributed by atoms with Crippen LogP contribution in [0, 0.1) is 0 Å². The first-order chi connectivity index (χ1) is 13.6. The second-order valence-electron chi connectivity index (χ2n) is 7.85. The number of hydrogen-bond donors (Lipinski definition) is 1. The number of nitrogens with zero attached hydrogens (tertiary/aromatic N) is 1. The van der Waals surface area contributed by atoms with Crippen LogP contribution in [0.1, 0.15) is 65.7 Å². The molecule has 0 radical (unpaired) electrons. The second-order valence-corrected chi connectivity index (χ2v) is 7.85. The molecule has 1 aliphatic heterocycles. The van der Waals surface area contributed by atoms with Crippen molar-refractivity contribution in [3.63, 3.8) is 0 Å². The molecule has 28 heavy (non-hydrogen) atoms. The summed E-state index contributed by atoms with van der Waals surface area (Å²) in [6, 6.07) is 7.61. The van der Waals surface area contributed by atoms with Crippen LogP contribution in [0.25, 0.3) is 0 Å². The molecule has 0 saturated carbocycles. The Morgan fingerprint density at radius 1 is 1.11 bits per heavy atom. The zero-order chi connectivity index (χ0) is 20.2. The molecule has 158 valence electrons.